The zero-order valence-electron chi connectivity index (χ0n) is 11.7. The van der Waals surface area contributed by atoms with Gasteiger partial charge in [0.15, 0.2) is 0 Å². The maximum absolute atomic E-state index is 12.3. The zero-order chi connectivity index (χ0) is 14.8. The van der Waals surface area contributed by atoms with Gasteiger partial charge >= 0.3 is 0 Å². The first-order valence-corrected chi connectivity index (χ1v) is 8.14. The Morgan fingerprint density at radius 2 is 1.90 bits per heavy atom. The van der Waals surface area contributed by atoms with E-state index in [-0.39, 0.29) is 23.8 Å². The highest BCUT2D eigenvalue weighted by atomic mass is 79.9. The third kappa shape index (κ3) is 3.61. The van der Waals surface area contributed by atoms with Crippen molar-refractivity contribution in [1.29, 1.82) is 0 Å². The molecule has 1 saturated carbocycles. The molecule has 1 aliphatic carbocycles. The first-order chi connectivity index (χ1) is 10.1. The fourth-order valence-electron chi connectivity index (χ4n) is 2.58. The second-order valence-electron chi connectivity index (χ2n) is 5.72. The number of likely N-dealkylation sites (tertiary alicyclic amines) is 1. The molecule has 2 aliphatic rings. The lowest BCUT2D eigenvalue weighted by Crippen LogP contribution is -2.46. The van der Waals surface area contributed by atoms with E-state index in [9.17, 15) is 9.59 Å². The normalized spacial score (nSPS) is 19.4. The molecule has 21 heavy (non-hydrogen) atoms. The summed E-state index contributed by atoms with van der Waals surface area (Å²) in [6, 6.07) is 3.76. The first kappa shape index (κ1) is 14.5. The summed E-state index contributed by atoms with van der Waals surface area (Å²) in [5, 5.41) is 3.09. The number of piperidine rings is 1. The summed E-state index contributed by atoms with van der Waals surface area (Å²) in [6.07, 6.45) is 5.30. The Labute approximate surface area is 132 Å². The summed E-state index contributed by atoms with van der Waals surface area (Å²) in [5.74, 6) is 0.456. The highest BCUT2D eigenvalue weighted by Gasteiger charge is 2.32. The maximum Gasteiger partial charge on any atom is 0.255 e. The lowest BCUT2D eigenvalue weighted by Gasteiger charge is -2.32. The first-order valence-electron chi connectivity index (χ1n) is 7.34. The standard InChI is InChI=1S/C15H18BrN3O2/c16-13-4-3-11(9-17-13)15(21)19-7-5-12(6-8-19)18-14(20)10-1-2-10/h3-4,9-10,12H,1-2,5-8H2,(H,18,20). The Hall–Kier alpha value is -1.43. The summed E-state index contributed by atoms with van der Waals surface area (Å²) >= 11 is 3.26. The molecule has 0 atom stereocenters. The third-order valence-electron chi connectivity index (χ3n) is 4.05. The third-order valence-corrected chi connectivity index (χ3v) is 4.52. The topological polar surface area (TPSA) is 62.3 Å². The van der Waals surface area contributed by atoms with Crippen LogP contribution < -0.4 is 5.32 Å². The number of amides is 2. The molecule has 0 aromatic carbocycles. The summed E-state index contributed by atoms with van der Waals surface area (Å²) in [7, 11) is 0. The monoisotopic (exact) mass is 351 g/mol. The molecule has 0 radical (unpaired) electrons. The van der Waals surface area contributed by atoms with Gasteiger partial charge in [0.1, 0.15) is 4.60 Å². The summed E-state index contributed by atoms with van der Waals surface area (Å²) in [5.41, 5.74) is 0.610. The minimum atomic E-state index is 0.0157. The van der Waals surface area contributed by atoms with Gasteiger partial charge in [0.25, 0.3) is 5.91 Å². The van der Waals surface area contributed by atoms with Gasteiger partial charge in [-0.2, -0.15) is 0 Å². The molecule has 2 amide bonds. The SMILES string of the molecule is O=C(NC1CCN(C(=O)c2ccc(Br)nc2)CC1)C1CC1. The zero-order valence-corrected chi connectivity index (χ0v) is 13.3. The molecular weight excluding hydrogens is 334 g/mol. The number of halogens is 1. The van der Waals surface area contributed by atoms with Crippen LogP contribution in [-0.4, -0.2) is 40.8 Å². The fraction of sp³-hybridized carbons (Fsp3) is 0.533. The number of hydrogen-bond acceptors (Lipinski definition) is 3. The molecule has 3 rings (SSSR count). The van der Waals surface area contributed by atoms with E-state index in [1.807, 2.05) is 4.90 Å². The number of nitrogens with one attached hydrogen (secondary N) is 1. The number of pyridine rings is 1. The van der Waals surface area contributed by atoms with Crippen molar-refractivity contribution in [3.8, 4) is 0 Å². The van der Waals surface area contributed by atoms with Crippen molar-refractivity contribution in [2.45, 2.75) is 31.7 Å². The number of carbonyl (C=O) groups excluding carboxylic acids is 2. The van der Waals surface area contributed by atoms with Crippen LogP contribution in [0.2, 0.25) is 0 Å². The lowest BCUT2D eigenvalue weighted by molar-refractivity contribution is -0.123. The van der Waals surface area contributed by atoms with Crippen LogP contribution in [0.25, 0.3) is 0 Å². The van der Waals surface area contributed by atoms with Gasteiger partial charge in [-0.3, -0.25) is 9.59 Å². The fourth-order valence-corrected chi connectivity index (χ4v) is 2.81. The quantitative estimate of drug-likeness (QED) is 0.847. The smallest absolute Gasteiger partial charge is 0.255 e. The van der Waals surface area contributed by atoms with Gasteiger partial charge in [0, 0.05) is 31.2 Å². The summed E-state index contributed by atoms with van der Waals surface area (Å²) in [4.78, 5) is 30.0. The molecule has 6 heteroatoms. The van der Waals surface area contributed by atoms with E-state index in [0.29, 0.717) is 18.7 Å². The maximum atomic E-state index is 12.3. The molecule has 112 valence electrons. The van der Waals surface area contributed by atoms with Gasteiger partial charge in [-0.1, -0.05) is 0 Å². The molecule has 1 N–H and O–H groups in total. The molecule has 0 unspecified atom stereocenters. The molecule has 0 bridgehead atoms. The molecule has 1 aromatic rings. The predicted molar refractivity (Wildman–Crippen MR) is 81.7 cm³/mol. The Morgan fingerprint density at radius 3 is 2.48 bits per heavy atom. The van der Waals surface area contributed by atoms with E-state index in [1.165, 1.54) is 0 Å². The molecular formula is C15H18BrN3O2. The van der Waals surface area contributed by atoms with Crippen LogP contribution in [0.15, 0.2) is 22.9 Å². The van der Waals surface area contributed by atoms with Crippen LogP contribution in [-0.2, 0) is 4.79 Å². The molecule has 5 nitrogen and oxygen atoms in total. The van der Waals surface area contributed by atoms with Crippen LogP contribution >= 0.6 is 15.9 Å². The Bertz CT molecular complexity index is 534. The summed E-state index contributed by atoms with van der Waals surface area (Å²) < 4.78 is 0.723. The van der Waals surface area contributed by atoms with E-state index >= 15 is 0 Å². The van der Waals surface area contributed by atoms with Gasteiger partial charge < -0.3 is 10.2 Å². The molecule has 1 aliphatic heterocycles. The van der Waals surface area contributed by atoms with Gasteiger partial charge in [-0.25, -0.2) is 4.98 Å². The number of nitrogens with zero attached hydrogens (tertiary/aromatic N) is 2. The van der Waals surface area contributed by atoms with Crippen molar-refractivity contribution in [3.05, 3.63) is 28.5 Å². The average Bonchev–Trinajstić information content (AvgIpc) is 3.33. The van der Waals surface area contributed by atoms with Gasteiger partial charge in [-0.05, 0) is 53.7 Å². The minimum Gasteiger partial charge on any atom is -0.353 e. The van der Waals surface area contributed by atoms with Gasteiger partial charge in [0.05, 0.1) is 5.56 Å². The number of hydrogen-bond donors (Lipinski definition) is 1. The molecule has 2 fully saturated rings. The van der Waals surface area contributed by atoms with Crippen LogP contribution in [0.1, 0.15) is 36.0 Å². The van der Waals surface area contributed by atoms with E-state index in [4.69, 9.17) is 0 Å². The predicted octanol–water partition coefficient (Wildman–Crippen LogP) is 1.97. The van der Waals surface area contributed by atoms with Crippen LogP contribution in [0, 0.1) is 5.92 Å². The molecule has 1 saturated heterocycles. The highest BCUT2D eigenvalue weighted by molar-refractivity contribution is 9.10. The molecule has 0 spiro atoms. The van der Waals surface area contributed by atoms with Gasteiger partial charge in [-0.15, -0.1) is 0 Å². The average molecular weight is 352 g/mol. The van der Waals surface area contributed by atoms with Crippen molar-refractivity contribution in [1.82, 2.24) is 15.2 Å². The van der Waals surface area contributed by atoms with Crippen molar-refractivity contribution in [2.75, 3.05) is 13.1 Å². The largest absolute Gasteiger partial charge is 0.353 e. The van der Waals surface area contributed by atoms with E-state index in [2.05, 4.69) is 26.2 Å². The number of aromatic nitrogens is 1. The van der Waals surface area contributed by atoms with E-state index < -0.39 is 0 Å². The molecule has 2 heterocycles. The second-order valence-corrected chi connectivity index (χ2v) is 6.53. The minimum absolute atomic E-state index is 0.0157. The van der Waals surface area contributed by atoms with Crippen molar-refractivity contribution in [2.24, 2.45) is 5.92 Å². The van der Waals surface area contributed by atoms with Gasteiger partial charge in [0.2, 0.25) is 5.91 Å². The van der Waals surface area contributed by atoms with E-state index in [0.717, 1.165) is 30.3 Å². The Morgan fingerprint density at radius 1 is 1.19 bits per heavy atom. The molecule has 1 aromatic heterocycles. The van der Waals surface area contributed by atoms with Crippen LogP contribution in [0.3, 0.4) is 0 Å². The number of rotatable bonds is 3. The lowest BCUT2D eigenvalue weighted by atomic mass is 10.0. The van der Waals surface area contributed by atoms with Crippen molar-refractivity contribution >= 4 is 27.7 Å². The van der Waals surface area contributed by atoms with E-state index in [1.54, 1.807) is 18.3 Å². The van der Waals surface area contributed by atoms with Crippen molar-refractivity contribution < 1.29 is 9.59 Å². The second kappa shape index (κ2) is 6.13. The van der Waals surface area contributed by atoms with Crippen LogP contribution in [0.5, 0.6) is 0 Å². The van der Waals surface area contributed by atoms with Crippen LogP contribution in [0.4, 0.5) is 0 Å². The summed E-state index contributed by atoms with van der Waals surface area (Å²) in [6.45, 7) is 1.37. The highest BCUT2D eigenvalue weighted by Crippen LogP contribution is 2.29. The number of carbonyl (C=O) groups is 2. The van der Waals surface area contributed by atoms with Crippen molar-refractivity contribution in [3.63, 3.8) is 0 Å². The Kier molecular flexibility index (Phi) is 4.24. The Balaban J connectivity index is 1.51.